The largest absolute Gasteiger partial charge is 0.465 e. The number of carbonyl (C=O) groups is 1. The van der Waals surface area contributed by atoms with Crippen LogP contribution in [0.5, 0.6) is 0 Å². The fourth-order valence-electron chi connectivity index (χ4n) is 3.80. The predicted octanol–water partition coefficient (Wildman–Crippen LogP) is 3.40. The van der Waals surface area contributed by atoms with E-state index in [1.807, 2.05) is 18.2 Å². The lowest BCUT2D eigenvalue weighted by Crippen LogP contribution is -2.55. The highest BCUT2D eigenvalue weighted by molar-refractivity contribution is 5.97. The second-order valence-corrected chi connectivity index (χ2v) is 7.49. The van der Waals surface area contributed by atoms with Crippen molar-refractivity contribution in [1.29, 1.82) is 0 Å². The van der Waals surface area contributed by atoms with E-state index >= 15 is 0 Å². The summed E-state index contributed by atoms with van der Waals surface area (Å²) in [5.74, 6) is 0.109. The molecule has 0 saturated carbocycles. The maximum absolute atomic E-state index is 12.3. The zero-order valence-electron chi connectivity index (χ0n) is 16.4. The molecule has 1 heterocycles. The summed E-state index contributed by atoms with van der Waals surface area (Å²) >= 11 is 0. The Morgan fingerprint density at radius 3 is 2.59 bits per heavy atom. The number of ether oxygens (including phenoxy) is 1. The third-order valence-corrected chi connectivity index (χ3v) is 5.26. The van der Waals surface area contributed by atoms with Gasteiger partial charge in [-0.3, -0.25) is 4.90 Å². The highest BCUT2D eigenvalue weighted by Gasteiger charge is 2.31. The lowest BCUT2D eigenvalue weighted by atomic mass is 9.97. The van der Waals surface area contributed by atoms with Gasteiger partial charge in [-0.1, -0.05) is 44.2 Å². The van der Waals surface area contributed by atoms with E-state index in [9.17, 15) is 4.79 Å². The molecule has 3 rings (SSSR count). The zero-order chi connectivity index (χ0) is 19.4. The van der Waals surface area contributed by atoms with Gasteiger partial charge in [-0.2, -0.15) is 0 Å². The van der Waals surface area contributed by atoms with Crippen molar-refractivity contribution in [3.05, 3.63) is 59.7 Å². The van der Waals surface area contributed by atoms with Gasteiger partial charge in [-0.25, -0.2) is 4.79 Å². The van der Waals surface area contributed by atoms with Crippen molar-refractivity contribution in [2.75, 3.05) is 37.4 Å². The number of benzene rings is 2. The average Bonchev–Trinajstić information content (AvgIpc) is 2.68. The molecule has 0 amide bonds. The van der Waals surface area contributed by atoms with Gasteiger partial charge in [0.2, 0.25) is 0 Å². The standard InChI is InChI=1S/C22H29N3O2/c1-16(2)21-15-24(14-17-7-5-4-6-8-17)11-12-25(21)20-10-9-18(23)13-19(20)22(26)27-3/h4-10,13,16,21H,11-12,14-15,23H2,1-3H3/t21-/m0/s1. The molecule has 27 heavy (non-hydrogen) atoms. The van der Waals surface area contributed by atoms with Crippen LogP contribution >= 0.6 is 0 Å². The van der Waals surface area contributed by atoms with Crippen molar-refractivity contribution >= 4 is 17.3 Å². The number of piperazine rings is 1. The first-order valence-electron chi connectivity index (χ1n) is 9.50. The lowest BCUT2D eigenvalue weighted by Gasteiger charge is -2.45. The summed E-state index contributed by atoms with van der Waals surface area (Å²) < 4.78 is 4.99. The molecule has 5 nitrogen and oxygen atoms in total. The quantitative estimate of drug-likeness (QED) is 0.648. The number of anilines is 2. The fourth-order valence-corrected chi connectivity index (χ4v) is 3.80. The van der Waals surface area contributed by atoms with Gasteiger partial charge in [-0.15, -0.1) is 0 Å². The molecule has 1 fully saturated rings. The minimum atomic E-state index is -0.341. The smallest absolute Gasteiger partial charge is 0.340 e. The molecule has 2 aromatic rings. The SMILES string of the molecule is COC(=O)c1cc(N)ccc1N1CCN(Cc2ccccc2)C[C@H]1C(C)C. The molecule has 0 bridgehead atoms. The summed E-state index contributed by atoms with van der Waals surface area (Å²) in [4.78, 5) is 17.1. The lowest BCUT2D eigenvalue weighted by molar-refractivity contribution is 0.0601. The summed E-state index contributed by atoms with van der Waals surface area (Å²) in [6.45, 7) is 8.19. The Labute approximate surface area is 161 Å². The Morgan fingerprint density at radius 2 is 1.93 bits per heavy atom. The first-order valence-corrected chi connectivity index (χ1v) is 9.50. The second-order valence-electron chi connectivity index (χ2n) is 7.49. The van der Waals surface area contributed by atoms with Gasteiger partial charge in [0.15, 0.2) is 0 Å². The van der Waals surface area contributed by atoms with E-state index in [2.05, 4.69) is 47.9 Å². The summed E-state index contributed by atoms with van der Waals surface area (Å²) in [6, 6.07) is 16.4. The van der Waals surface area contributed by atoms with Gasteiger partial charge in [0.25, 0.3) is 0 Å². The van der Waals surface area contributed by atoms with Crippen LogP contribution in [-0.4, -0.2) is 43.7 Å². The minimum absolute atomic E-state index is 0.314. The molecular weight excluding hydrogens is 338 g/mol. The second kappa shape index (κ2) is 8.44. The number of methoxy groups -OCH3 is 1. The molecule has 0 aliphatic carbocycles. The van der Waals surface area contributed by atoms with Gasteiger partial charge in [0.1, 0.15) is 0 Å². The van der Waals surface area contributed by atoms with Crippen LogP contribution in [0.15, 0.2) is 48.5 Å². The maximum atomic E-state index is 12.3. The number of carbonyl (C=O) groups excluding carboxylic acids is 1. The van der Waals surface area contributed by atoms with E-state index in [-0.39, 0.29) is 5.97 Å². The van der Waals surface area contributed by atoms with Gasteiger partial charge >= 0.3 is 5.97 Å². The van der Waals surface area contributed by atoms with Crippen LogP contribution in [0.3, 0.4) is 0 Å². The Kier molecular flexibility index (Phi) is 6.01. The fraction of sp³-hybridized carbons (Fsp3) is 0.409. The van der Waals surface area contributed by atoms with Crippen LogP contribution in [0.1, 0.15) is 29.8 Å². The van der Waals surface area contributed by atoms with Crippen LogP contribution < -0.4 is 10.6 Å². The Balaban J connectivity index is 1.84. The Hall–Kier alpha value is -2.53. The van der Waals surface area contributed by atoms with Crippen LogP contribution in [0.25, 0.3) is 0 Å². The van der Waals surface area contributed by atoms with E-state index in [1.54, 1.807) is 6.07 Å². The number of rotatable bonds is 5. The molecule has 0 radical (unpaired) electrons. The van der Waals surface area contributed by atoms with Crippen LogP contribution in [0, 0.1) is 5.92 Å². The van der Waals surface area contributed by atoms with Gasteiger partial charge < -0.3 is 15.4 Å². The van der Waals surface area contributed by atoms with Gasteiger partial charge in [0.05, 0.1) is 18.4 Å². The van der Waals surface area contributed by atoms with E-state index in [1.165, 1.54) is 12.7 Å². The highest BCUT2D eigenvalue weighted by atomic mass is 16.5. The van der Waals surface area contributed by atoms with Crippen LogP contribution in [-0.2, 0) is 11.3 Å². The number of esters is 1. The molecule has 0 spiro atoms. The van der Waals surface area contributed by atoms with E-state index < -0.39 is 0 Å². The van der Waals surface area contributed by atoms with E-state index in [0.717, 1.165) is 31.9 Å². The molecule has 144 valence electrons. The van der Waals surface area contributed by atoms with Crippen LogP contribution in [0.4, 0.5) is 11.4 Å². The van der Waals surface area contributed by atoms with Crippen LogP contribution in [0.2, 0.25) is 0 Å². The predicted molar refractivity (Wildman–Crippen MR) is 110 cm³/mol. The van der Waals surface area contributed by atoms with Crippen molar-refractivity contribution in [2.24, 2.45) is 5.92 Å². The zero-order valence-corrected chi connectivity index (χ0v) is 16.4. The molecule has 0 unspecified atom stereocenters. The van der Waals surface area contributed by atoms with Crippen molar-refractivity contribution < 1.29 is 9.53 Å². The maximum Gasteiger partial charge on any atom is 0.340 e. The van der Waals surface area contributed by atoms with Crippen molar-refractivity contribution in [3.63, 3.8) is 0 Å². The molecular formula is C22H29N3O2. The van der Waals surface area contributed by atoms with Crippen molar-refractivity contribution in [1.82, 2.24) is 4.90 Å². The monoisotopic (exact) mass is 367 g/mol. The minimum Gasteiger partial charge on any atom is -0.465 e. The number of nitrogens with zero attached hydrogens (tertiary/aromatic N) is 2. The van der Waals surface area contributed by atoms with Crippen molar-refractivity contribution in [3.8, 4) is 0 Å². The Bertz CT molecular complexity index is 776. The summed E-state index contributed by atoms with van der Waals surface area (Å²) in [5.41, 5.74) is 9.27. The number of nitrogens with two attached hydrogens (primary N) is 1. The topological polar surface area (TPSA) is 58.8 Å². The third kappa shape index (κ3) is 4.42. The van der Waals surface area contributed by atoms with E-state index in [0.29, 0.717) is 23.2 Å². The average molecular weight is 367 g/mol. The Morgan fingerprint density at radius 1 is 1.19 bits per heavy atom. The summed E-state index contributed by atoms with van der Waals surface area (Å²) in [6.07, 6.45) is 0. The molecule has 0 aromatic heterocycles. The number of nitrogen functional groups attached to an aromatic ring is 1. The van der Waals surface area contributed by atoms with Gasteiger partial charge in [-0.05, 0) is 29.7 Å². The van der Waals surface area contributed by atoms with E-state index in [4.69, 9.17) is 10.5 Å². The first-order chi connectivity index (χ1) is 13.0. The number of hydrogen-bond acceptors (Lipinski definition) is 5. The molecule has 5 heteroatoms. The van der Waals surface area contributed by atoms with Crippen molar-refractivity contribution in [2.45, 2.75) is 26.4 Å². The molecule has 1 atom stereocenters. The summed E-state index contributed by atoms with van der Waals surface area (Å²) in [7, 11) is 1.41. The molecule has 1 aliphatic heterocycles. The molecule has 2 N–H and O–H groups in total. The molecule has 1 aliphatic rings. The third-order valence-electron chi connectivity index (χ3n) is 5.26. The first kappa shape index (κ1) is 19.2. The normalized spacial score (nSPS) is 17.9. The highest BCUT2D eigenvalue weighted by Crippen LogP contribution is 2.30. The summed E-state index contributed by atoms with van der Waals surface area (Å²) in [5, 5.41) is 0. The van der Waals surface area contributed by atoms with Gasteiger partial charge in [0, 0.05) is 37.9 Å². The molecule has 2 aromatic carbocycles. The molecule has 1 saturated heterocycles. The number of hydrogen-bond donors (Lipinski definition) is 1.